The first kappa shape index (κ1) is 26.3. The topological polar surface area (TPSA) is 115 Å². The number of fused-ring (bicyclic) bond motifs is 2. The van der Waals surface area contributed by atoms with Crippen LogP contribution in [0.1, 0.15) is 17.7 Å². The third-order valence-corrected chi connectivity index (χ3v) is 8.41. The molecule has 186 valence electrons. The summed E-state index contributed by atoms with van der Waals surface area (Å²) in [6, 6.07) is 13.7. The van der Waals surface area contributed by atoms with E-state index < -0.39 is 4.92 Å². The van der Waals surface area contributed by atoms with E-state index in [-0.39, 0.29) is 18.2 Å². The molecule has 0 radical (unpaired) electrons. The zero-order valence-electron chi connectivity index (χ0n) is 19.2. The van der Waals surface area contributed by atoms with Crippen LogP contribution in [0, 0.1) is 17.0 Å². The Labute approximate surface area is 225 Å². The van der Waals surface area contributed by atoms with E-state index in [4.69, 9.17) is 0 Å². The lowest BCUT2D eigenvalue weighted by molar-refractivity contribution is -0.391. The van der Waals surface area contributed by atoms with Gasteiger partial charge in [0.2, 0.25) is 5.65 Å². The molecule has 0 amide bonds. The standard InChI is InChI=1S/C23H21N7O2S3.ClH/c1-15-18(14-35-23-26-16-5-2-3-6-17(16)27-23)24-10-9-19(15)33-11-4-12-34-21-8-7-20-25-13-22(30(31)32)29(20)28-21;/h2-3,5-10,13H,4,11-12,14H2,1H3,(H,26,27);1H. The largest absolute Gasteiger partial charge is 0.368 e. The molecule has 0 bridgehead atoms. The number of pyridine rings is 1. The van der Waals surface area contributed by atoms with Crippen LogP contribution in [0.4, 0.5) is 5.82 Å². The van der Waals surface area contributed by atoms with Gasteiger partial charge in [0.1, 0.15) is 11.2 Å². The van der Waals surface area contributed by atoms with Crippen molar-refractivity contribution in [1.82, 2.24) is 29.5 Å². The number of aromatic nitrogens is 6. The fourth-order valence-electron chi connectivity index (χ4n) is 3.46. The summed E-state index contributed by atoms with van der Waals surface area (Å²) in [5, 5.41) is 17.1. The Bertz CT molecular complexity index is 1470. The van der Waals surface area contributed by atoms with Crippen molar-refractivity contribution < 1.29 is 4.92 Å². The highest BCUT2D eigenvalue weighted by Crippen LogP contribution is 2.29. The summed E-state index contributed by atoms with van der Waals surface area (Å²) in [7, 11) is 0. The van der Waals surface area contributed by atoms with Crippen LogP contribution >= 0.6 is 47.7 Å². The van der Waals surface area contributed by atoms with Crippen LogP contribution in [0.25, 0.3) is 16.7 Å². The number of nitro groups is 1. The van der Waals surface area contributed by atoms with Crippen molar-refractivity contribution in [2.45, 2.75) is 34.2 Å². The molecule has 0 unspecified atom stereocenters. The zero-order valence-corrected chi connectivity index (χ0v) is 22.4. The molecule has 0 aliphatic rings. The Morgan fingerprint density at radius 3 is 2.72 bits per heavy atom. The van der Waals surface area contributed by atoms with Gasteiger partial charge in [0.15, 0.2) is 5.16 Å². The molecule has 0 fully saturated rings. The Balaban J connectivity index is 0.00000304. The SMILES string of the molecule is Cc1c(SCCCSc2ccc3ncc([N+](=O)[O-])n3n2)ccnc1CSc1nc2ccccc2[nH]1.Cl. The van der Waals surface area contributed by atoms with Gasteiger partial charge in [-0.05, 0) is 53.8 Å². The molecule has 1 N–H and O–H groups in total. The van der Waals surface area contributed by atoms with Crippen molar-refractivity contribution in [2.75, 3.05) is 11.5 Å². The van der Waals surface area contributed by atoms with E-state index in [1.165, 1.54) is 21.2 Å². The third-order valence-electron chi connectivity index (χ3n) is 5.28. The average Bonchev–Trinajstić information content (AvgIpc) is 3.47. The van der Waals surface area contributed by atoms with E-state index in [1.54, 1.807) is 29.6 Å². The predicted octanol–water partition coefficient (Wildman–Crippen LogP) is 6.21. The van der Waals surface area contributed by atoms with Gasteiger partial charge >= 0.3 is 5.82 Å². The summed E-state index contributed by atoms with van der Waals surface area (Å²) >= 11 is 5.07. The minimum absolute atomic E-state index is 0. The number of imidazole rings is 2. The second kappa shape index (κ2) is 12.0. The van der Waals surface area contributed by atoms with E-state index in [9.17, 15) is 10.1 Å². The highest BCUT2D eigenvalue weighted by molar-refractivity contribution is 8.00. The smallest absolute Gasteiger partial charge is 0.358 e. The summed E-state index contributed by atoms with van der Waals surface area (Å²) < 4.78 is 1.28. The minimum Gasteiger partial charge on any atom is -0.358 e. The number of nitrogens with one attached hydrogen (secondary N) is 1. The first-order valence-corrected chi connectivity index (χ1v) is 13.8. The second-order valence-electron chi connectivity index (χ2n) is 7.59. The molecule has 5 rings (SSSR count). The number of halogens is 1. The number of nitrogens with zero attached hydrogens (tertiary/aromatic N) is 6. The average molecular weight is 560 g/mol. The molecule has 13 heteroatoms. The zero-order chi connectivity index (χ0) is 24.2. The minimum atomic E-state index is -0.474. The Kier molecular flexibility index (Phi) is 8.72. The number of aromatic amines is 1. The Morgan fingerprint density at radius 2 is 1.89 bits per heavy atom. The van der Waals surface area contributed by atoms with E-state index in [0.29, 0.717) is 5.65 Å². The van der Waals surface area contributed by atoms with Gasteiger partial charge in [0.25, 0.3) is 0 Å². The Hall–Kier alpha value is -2.80. The van der Waals surface area contributed by atoms with E-state index in [1.807, 2.05) is 48.3 Å². The lowest BCUT2D eigenvalue weighted by Crippen LogP contribution is -1.99. The number of para-hydroxylation sites is 2. The van der Waals surface area contributed by atoms with Crippen LogP contribution in [0.2, 0.25) is 0 Å². The molecule has 0 atom stereocenters. The van der Waals surface area contributed by atoms with Crippen molar-refractivity contribution in [3.8, 4) is 0 Å². The maximum atomic E-state index is 11.1. The van der Waals surface area contributed by atoms with Crippen molar-refractivity contribution >= 4 is 70.2 Å². The highest BCUT2D eigenvalue weighted by Gasteiger charge is 2.16. The summed E-state index contributed by atoms with van der Waals surface area (Å²) in [4.78, 5) is 28.5. The van der Waals surface area contributed by atoms with Gasteiger partial charge in [-0.25, -0.2) is 9.97 Å². The number of benzene rings is 1. The number of thioether (sulfide) groups is 3. The van der Waals surface area contributed by atoms with Crippen LogP contribution in [0.3, 0.4) is 0 Å². The maximum absolute atomic E-state index is 11.1. The van der Waals surface area contributed by atoms with Crippen molar-refractivity contribution in [1.29, 1.82) is 0 Å². The number of rotatable bonds is 10. The summed E-state index contributed by atoms with van der Waals surface area (Å²) in [5.41, 5.74) is 4.75. The number of hydrogen-bond donors (Lipinski definition) is 1. The molecular weight excluding hydrogens is 538 g/mol. The van der Waals surface area contributed by atoms with Crippen LogP contribution < -0.4 is 0 Å². The van der Waals surface area contributed by atoms with E-state index in [0.717, 1.165) is 50.6 Å². The van der Waals surface area contributed by atoms with Gasteiger partial charge < -0.3 is 15.1 Å². The molecule has 4 heterocycles. The van der Waals surface area contributed by atoms with Crippen molar-refractivity contribution in [3.05, 3.63) is 76.2 Å². The van der Waals surface area contributed by atoms with Crippen molar-refractivity contribution in [3.63, 3.8) is 0 Å². The molecule has 0 saturated carbocycles. The first-order chi connectivity index (χ1) is 17.1. The van der Waals surface area contributed by atoms with Crippen LogP contribution in [0.15, 0.2) is 69.9 Å². The molecule has 36 heavy (non-hydrogen) atoms. The second-order valence-corrected chi connectivity index (χ2v) is 10.8. The lowest BCUT2D eigenvalue weighted by atomic mass is 10.2. The predicted molar refractivity (Wildman–Crippen MR) is 148 cm³/mol. The normalized spacial score (nSPS) is 11.1. The summed E-state index contributed by atoms with van der Waals surface area (Å²) in [6.07, 6.45) is 4.08. The monoisotopic (exact) mass is 559 g/mol. The molecule has 9 nitrogen and oxygen atoms in total. The van der Waals surface area contributed by atoms with Gasteiger partial charge in [0, 0.05) is 28.7 Å². The fourth-order valence-corrected chi connectivity index (χ4v) is 6.35. The Morgan fingerprint density at radius 1 is 1.06 bits per heavy atom. The molecule has 5 aromatic rings. The molecule has 0 saturated heterocycles. The summed E-state index contributed by atoms with van der Waals surface area (Å²) in [5.74, 6) is 2.46. The number of H-pyrrole nitrogens is 1. The molecular formula is C23H22ClN7O2S3. The highest BCUT2D eigenvalue weighted by atomic mass is 35.5. The molecule has 4 aromatic heterocycles. The van der Waals surface area contributed by atoms with E-state index >= 15 is 0 Å². The van der Waals surface area contributed by atoms with Crippen LogP contribution in [0.5, 0.6) is 0 Å². The van der Waals surface area contributed by atoms with E-state index in [2.05, 4.69) is 38.0 Å². The van der Waals surface area contributed by atoms with Gasteiger partial charge in [-0.15, -0.1) is 35.9 Å². The third kappa shape index (κ3) is 5.94. The van der Waals surface area contributed by atoms with Gasteiger partial charge in [-0.1, -0.05) is 33.5 Å². The maximum Gasteiger partial charge on any atom is 0.368 e. The first-order valence-electron chi connectivity index (χ1n) is 10.9. The lowest BCUT2D eigenvalue weighted by Gasteiger charge is -2.09. The van der Waals surface area contributed by atoms with Gasteiger partial charge in [-0.2, -0.15) is 0 Å². The van der Waals surface area contributed by atoms with Crippen LogP contribution in [-0.4, -0.2) is 46.0 Å². The van der Waals surface area contributed by atoms with Gasteiger partial charge in [0.05, 0.1) is 16.7 Å². The summed E-state index contributed by atoms with van der Waals surface area (Å²) in [6.45, 7) is 2.12. The van der Waals surface area contributed by atoms with Crippen LogP contribution in [-0.2, 0) is 5.75 Å². The quantitative estimate of drug-likeness (QED) is 0.0922. The fraction of sp³-hybridized carbons (Fsp3) is 0.217. The van der Waals surface area contributed by atoms with Crippen molar-refractivity contribution in [2.24, 2.45) is 0 Å². The molecule has 1 aromatic carbocycles. The number of hydrogen-bond acceptors (Lipinski definition) is 9. The molecule has 0 spiro atoms. The molecule has 0 aliphatic heterocycles. The van der Waals surface area contributed by atoms with Gasteiger partial charge in [-0.3, -0.25) is 4.98 Å². The molecule has 0 aliphatic carbocycles.